The second-order valence-electron chi connectivity index (χ2n) is 41.2. The molecule has 3 fully saturated rings. The minimum atomic E-state index is -0.375. The van der Waals surface area contributed by atoms with E-state index in [9.17, 15) is 0 Å². The van der Waals surface area contributed by atoms with Crippen molar-refractivity contribution < 1.29 is 88.7 Å². The first-order valence-electron chi connectivity index (χ1n) is 46.8. The first kappa shape index (κ1) is 114. The Kier molecular flexibility index (Phi) is 41.2. The van der Waals surface area contributed by atoms with E-state index in [0.29, 0.717) is 30.9 Å². The first-order chi connectivity index (χ1) is 65.2. The molecule has 746 valence electrons. The van der Waals surface area contributed by atoms with Gasteiger partial charge in [0.1, 0.15) is 0 Å². The van der Waals surface area contributed by atoms with E-state index >= 15 is 0 Å². The second-order valence-corrected chi connectivity index (χ2v) is 44.3. The van der Waals surface area contributed by atoms with E-state index in [-0.39, 0.29) is 99.5 Å². The first-order valence-corrected chi connectivity index (χ1v) is 50.2. The maximum absolute atomic E-state index is 8.56. The van der Waals surface area contributed by atoms with Crippen molar-refractivity contribution in [3.8, 4) is 56.2 Å². The van der Waals surface area contributed by atoms with Gasteiger partial charge in [0.15, 0.2) is 0 Å². The third-order valence-corrected chi connectivity index (χ3v) is 26.7. The van der Waals surface area contributed by atoms with Crippen LogP contribution >= 0.6 is 0 Å². The molecule has 139 heavy (non-hydrogen) atoms. The van der Waals surface area contributed by atoms with Gasteiger partial charge in [0, 0.05) is 0 Å². The van der Waals surface area contributed by atoms with Gasteiger partial charge >= 0.3 is 742 Å². The van der Waals surface area contributed by atoms with Crippen molar-refractivity contribution in [2.45, 2.75) is 202 Å². The van der Waals surface area contributed by atoms with Crippen LogP contribution in [-0.2, 0) is 79.7 Å². The summed E-state index contributed by atoms with van der Waals surface area (Å²) in [4.78, 5) is 69.5. The third kappa shape index (κ3) is 30.6. The topological polar surface area (TPSA) is 289 Å². The minimum absolute atomic E-state index is 0.0370. The summed E-state index contributed by atoms with van der Waals surface area (Å²) < 4.78 is 3.36. The van der Waals surface area contributed by atoms with E-state index in [4.69, 9.17) is 30.6 Å². The van der Waals surface area contributed by atoms with Crippen LogP contribution in [0.1, 0.15) is 166 Å². The van der Waals surface area contributed by atoms with Gasteiger partial charge in [-0.05, 0) is 60.8 Å². The molecule has 3 saturated heterocycles. The SMILES string of the molecule is CC(O)CC(C)O.CC(O)CC(C)O.CC(O)CC(C)O.CN(C)B1B(N(C)C)N(c2cc(C(C)(C)C)cc(C(C)(C)C)c2)[C](=[Pt])N1c1[c-]cc(-c2cc(C(C)(C)C)cc(C(C)(C)C)c2)cc1.CN(C)B1B(N(C)C)N(c2ccc(-c3cncnc3)cc2)[C](=[Pt])N1c1[c-]cc(-c2cncnc2)cc1.CN(C)B1B(N(C)C)N(c2ccc(-c3ncncn3)cc2)[C](=[Pt])N1c1[c-]cc(-c2ncncn2)cc1. The fraction of sp³-hybridized carbons (Fsp3) is 0.422. The number of rotatable bonds is 23. The molecule has 6 N–H and O–H groups in total. The van der Waals surface area contributed by atoms with Crippen LogP contribution in [-0.4, -0.2) is 284 Å². The van der Waals surface area contributed by atoms with E-state index < -0.39 is 0 Å². The Morgan fingerprint density at radius 1 is 0.273 bits per heavy atom. The molecule has 6 atom stereocenters. The molecule has 6 unspecified atom stereocenters. The molecule has 0 saturated carbocycles. The van der Waals surface area contributed by atoms with Crippen molar-refractivity contribution >= 4 is 87.8 Å². The van der Waals surface area contributed by atoms with Crippen molar-refractivity contribution in [3.63, 3.8) is 0 Å². The summed E-state index contributed by atoms with van der Waals surface area (Å²) in [5.41, 5.74) is 20.5. The molecular formula is C102H141B6N22O6Pt3-3. The van der Waals surface area contributed by atoms with Crippen molar-refractivity contribution in [3.05, 3.63) is 243 Å². The predicted octanol–water partition coefficient (Wildman–Crippen LogP) is 12.8. The van der Waals surface area contributed by atoms with Crippen molar-refractivity contribution in [2.24, 2.45) is 0 Å². The van der Waals surface area contributed by atoms with Gasteiger partial charge in [0.25, 0.3) is 0 Å². The quantitative estimate of drug-likeness (QED) is 0.0256. The molecule has 0 spiro atoms. The fourth-order valence-corrected chi connectivity index (χ4v) is 19.9. The third-order valence-electron chi connectivity index (χ3n) is 23.4. The van der Waals surface area contributed by atoms with Gasteiger partial charge in [-0.2, -0.15) is 0 Å². The van der Waals surface area contributed by atoms with Crippen molar-refractivity contribution in [1.29, 1.82) is 0 Å². The summed E-state index contributed by atoms with van der Waals surface area (Å²) in [6.07, 6.45) is 15.6. The molecular weight excluding hydrogens is 2280 g/mol. The van der Waals surface area contributed by atoms with Crippen LogP contribution in [0.5, 0.6) is 0 Å². The van der Waals surface area contributed by atoms with Crippen LogP contribution in [0, 0.1) is 18.2 Å². The van der Waals surface area contributed by atoms with Crippen molar-refractivity contribution in [2.75, 3.05) is 113 Å². The van der Waals surface area contributed by atoms with Gasteiger partial charge in [0.2, 0.25) is 0 Å². The molecule has 0 aliphatic carbocycles. The van der Waals surface area contributed by atoms with Gasteiger partial charge in [-0.3, -0.25) is 0 Å². The summed E-state index contributed by atoms with van der Waals surface area (Å²) in [6.45, 7) is 38.0. The normalized spacial score (nSPS) is 15.1. The molecule has 3 aliphatic rings. The molecule has 0 bridgehead atoms. The molecule has 37 heteroatoms. The zero-order chi connectivity index (χ0) is 103. The van der Waals surface area contributed by atoms with E-state index in [2.05, 4.69) is 461 Å². The van der Waals surface area contributed by atoms with Gasteiger partial charge in [-0.25, -0.2) is 0 Å². The summed E-state index contributed by atoms with van der Waals surface area (Å²) in [6, 6.07) is 60.9. The molecule has 4 aromatic heterocycles. The molecule has 0 radical (unpaired) electrons. The van der Waals surface area contributed by atoms with Crippen molar-refractivity contribution in [1.82, 2.24) is 78.7 Å². The number of nitrogens with zero attached hydrogens (tertiary/aromatic N) is 22. The van der Waals surface area contributed by atoms with E-state index in [0.717, 1.165) is 70.1 Å². The van der Waals surface area contributed by atoms with Gasteiger partial charge in [-0.15, -0.1) is 0 Å². The van der Waals surface area contributed by atoms with Gasteiger partial charge in [-0.1, -0.05) is 0 Å². The van der Waals surface area contributed by atoms with Crippen LogP contribution in [0.15, 0.2) is 202 Å². The number of aliphatic hydroxyl groups is 6. The van der Waals surface area contributed by atoms with E-state index in [1.807, 2.05) is 55.1 Å². The molecule has 7 aromatic carbocycles. The molecule has 11 aromatic rings. The predicted molar refractivity (Wildman–Crippen MR) is 566 cm³/mol. The van der Waals surface area contributed by atoms with Crippen LogP contribution in [0.4, 0.5) is 34.1 Å². The van der Waals surface area contributed by atoms with Gasteiger partial charge < -0.3 is 30.6 Å². The van der Waals surface area contributed by atoms with Crippen LogP contribution in [0.2, 0.25) is 0 Å². The van der Waals surface area contributed by atoms with Gasteiger partial charge in [0.05, 0.1) is 36.6 Å². The number of aromatic nitrogens is 10. The summed E-state index contributed by atoms with van der Waals surface area (Å²) in [5, 5.41) is 51.4. The Balaban J connectivity index is 0.000000212. The van der Waals surface area contributed by atoms with Crippen LogP contribution in [0.25, 0.3) is 56.2 Å². The van der Waals surface area contributed by atoms with E-state index in [1.54, 1.807) is 54.2 Å². The molecule has 3 aliphatic heterocycles. The number of benzene rings is 7. The zero-order valence-electron chi connectivity index (χ0n) is 86.6. The Morgan fingerprint density at radius 3 is 0.770 bits per heavy atom. The second kappa shape index (κ2) is 50.4. The average Bonchev–Trinajstić information content (AvgIpc) is 1.52. The Labute approximate surface area is 862 Å². The zero-order valence-corrected chi connectivity index (χ0v) is 93.4. The number of hydrogen-bond acceptors (Lipinski definition) is 28. The van der Waals surface area contributed by atoms with Crippen LogP contribution < -0.4 is 28.9 Å². The molecule has 0 amide bonds. The molecule has 28 nitrogen and oxygen atoms in total. The van der Waals surface area contributed by atoms with Crippen LogP contribution in [0.3, 0.4) is 0 Å². The molecule has 14 rings (SSSR count). The molecule has 7 heterocycles. The van der Waals surface area contributed by atoms with E-state index in [1.165, 1.54) is 68.5 Å². The number of anilines is 6. The number of hydrogen-bond donors (Lipinski definition) is 6. The Hall–Kier alpha value is -8.90. The monoisotopic (exact) mass is 2420 g/mol. The Bertz CT molecular complexity index is 5170. The average molecular weight is 2420 g/mol. The fourth-order valence-electron chi connectivity index (χ4n) is 16.4. The standard InChI is InChI=1S/C39H57B2N4.C25H25B2N8.C23H23B2N10.3C5H12O2.3Pt/c1-36(2,3)30-21-29(22-31(23-30)37(4,5)6)28-17-19-34(20-18-28)44-27-45(41(43(15)16)40(44)42(13)14)35-25-32(38(7,8)9)24-33(26-35)39(10,11)12;1-32(2)26-27(33(3)4)35(25-11-7-21(8-12-25)23-15-30-18-31-16-23)19-34(26)24-9-5-20(6-10-24)22-13-28-17-29-14-22;1-32(2)24-25(33(3)4)35(21-11-7-19(8-12-21)23-30-15-27-16-31-23)17-34(24)20-9-5-18(6-10-20)22-28-13-26-14-29-22;3*1-4(6)3-5(2)7;;;/h17-19,21-26H,1-16H3;5-11,13-18H,1-4H3;5-11,13-16H,1-4H3;3*4-7H,3H2,1-2H3;;;/q3*-1;;;;;;. The summed E-state index contributed by atoms with van der Waals surface area (Å²) in [5.74, 6) is 1.28. The summed E-state index contributed by atoms with van der Waals surface area (Å²) in [7, 11) is 25.7. The Morgan fingerprint density at radius 2 is 0.511 bits per heavy atom. The number of aliphatic hydroxyl groups excluding tert-OH is 6. The summed E-state index contributed by atoms with van der Waals surface area (Å²) >= 11 is 7.39. The maximum atomic E-state index is 8.56.